The minimum atomic E-state index is -0.440. The number of aryl methyl sites for hydroxylation is 2. The number of nitrogens with zero attached hydrogens (tertiary/aromatic N) is 2. The molecular weight excluding hydrogens is 252 g/mol. The maximum Gasteiger partial charge on any atom is 0.316 e. The van der Waals surface area contributed by atoms with E-state index in [2.05, 4.69) is 12.6 Å². The van der Waals surface area contributed by atoms with Gasteiger partial charge in [0.1, 0.15) is 0 Å². The second kappa shape index (κ2) is 5.90. The molecule has 1 heterocycles. The second-order valence-electron chi connectivity index (χ2n) is 5.17. The molecule has 0 spiro atoms. The average molecular weight is 272 g/mol. The summed E-state index contributed by atoms with van der Waals surface area (Å²) in [6, 6.07) is 5.94. The first-order valence-electron chi connectivity index (χ1n) is 6.83. The zero-order chi connectivity index (χ0) is 14.7. The molecule has 1 aromatic carbocycles. The van der Waals surface area contributed by atoms with Crippen molar-refractivity contribution < 1.29 is 9.59 Å². The van der Waals surface area contributed by atoms with E-state index in [-0.39, 0.29) is 0 Å². The molecule has 2 amide bonds. The molecule has 0 N–H and O–H groups in total. The second-order valence-corrected chi connectivity index (χ2v) is 5.17. The van der Waals surface area contributed by atoms with Gasteiger partial charge >= 0.3 is 11.8 Å². The van der Waals surface area contributed by atoms with Crippen LogP contribution in [0, 0.1) is 13.8 Å². The molecule has 1 aromatic rings. The van der Waals surface area contributed by atoms with Crippen LogP contribution in [0.5, 0.6) is 0 Å². The third-order valence-electron chi connectivity index (χ3n) is 3.43. The van der Waals surface area contributed by atoms with Crippen molar-refractivity contribution in [1.82, 2.24) is 4.90 Å². The van der Waals surface area contributed by atoms with Crippen molar-refractivity contribution in [1.29, 1.82) is 0 Å². The van der Waals surface area contributed by atoms with Crippen molar-refractivity contribution in [2.24, 2.45) is 0 Å². The standard InChI is InChI=1S/C16H20N2O2/c1-4-5-6-17-7-8-18(16(20)15(17)19)14-10-12(2)9-13(3)11-14/h4,9-11H,1,5-8H2,2-3H3. The van der Waals surface area contributed by atoms with E-state index in [1.807, 2.05) is 26.0 Å². The van der Waals surface area contributed by atoms with E-state index in [0.29, 0.717) is 26.1 Å². The molecule has 0 bridgehead atoms. The summed E-state index contributed by atoms with van der Waals surface area (Å²) in [4.78, 5) is 27.5. The summed E-state index contributed by atoms with van der Waals surface area (Å²) >= 11 is 0. The first-order valence-corrected chi connectivity index (χ1v) is 6.83. The van der Waals surface area contributed by atoms with Gasteiger partial charge in [0, 0.05) is 25.3 Å². The van der Waals surface area contributed by atoms with Gasteiger partial charge in [0.25, 0.3) is 0 Å². The third kappa shape index (κ3) is 2.90. The number of benzene rings is 1. The molecule has 1 aliphatic heterocycles. The Morgan fingerprint density at radius 3 is 2.35 bits per heavy atom. The summed E-state index contributed by atoms with van der Waals surface area (Å²) in [6.07, 6.45) is 2.47. The Labute approximate surface area is 119 Å². The molecule has 0 aliphatic carbocycles. The predicted molar refractivity (Wildman–Crippen MR) is 79.7 cm³/mol. The summed E-state index contributed by atoms with van der Waals surface area (Å²) in [5.74, 6) is -0.859. The lowest BCUT2D eigenvalue weighted by Gasteiger charge is -2.33. The van der Waals surface area contributed by atoms with Gasteiger partial charge in [-0.05, 0) is 43.5 Å². The number of rotatable bonds is 4. The Balaban J connectivity index is 2.18. The number of carbonyl (C=O) groups is 2. The van der Waals surface area contributed by atoms with Gasteiger partial charge in [0.05, 0.1) is 0 Å². The lowest BCUT2D eigenvalue weighted by Crippen LogP contribution is -2.54. The highest BCUT2D eigenvalue weighted by Gasteiger charge is 2.32. The van der Waals surface area contributed by atoms with E-state index in [0.717, 1.165) is 16.8 Å². The largest absolute Gasteiger partial charge is 0.332 e. The van der Waals surface area contributed by atoms with E-state index in [9.17, 15) is 9.59 Å². The molecule has 1 saturated heterocycles. The smallest absolute Gasteiger partial charge is 0.316 e. The predicted octanol–water partition coefficient (Wildman–Crippen LogP) is 2.05. The molecule has 0 unspecified atom stereocenters. The average Bonchev–Trinajstić information content (AvgIpc) is 2.39. The van der Waals surface area contributed by atoms with Crippen molar-refractivity contribution in [3.05, 3.63) is 42.0 Å². The highest BCUT2D eigenvalue weighted by atomic mass is 16.2. The molecule has 0 aromatic heterocycles. The third-order valence-corrected chi connectivity index (χ3v) is 3.43. The molecule has 0 saturated carbocycles. The minimum absolute atomic E-state index is 0.419. The van der Waals surface area contributed by atoms with Gasteiger partial charge in [-0.2, -0.15) is 0 Å². The maximum atomic E-state index is 12.2. The van der Waals surface area contributed by atoms with Gasteiger partial charge < -0.3 is 9.80 Å². The van der Waals surface area contributed by atoms with Crippen LogP contribution in [0.15, 0.2) is 30.9 Å². The van der Waals surface area contributed by atoms with E-state index in [4.69, 9.17) is 0 Å². The Morgan fingerprint density at radius 1 is 1.10 bits per heavy atom. The van der Waals surface area contributed by atoms with Gasteiger partial charge in [-0.1, -0.05) is 12.1 Å². The van der Waals surface area contributed by atoms with Crippen LogP contribution in [-0.4, -0.2) is 36.3 Å². The van der Waals surface area contributed by atoms with Gasteiger partial charge in [0.2, 0.25) is 0 Å². The van der Waals surface area contributed by atoms with Gasteiger partial charge in [-0.3, -0.25) is 9.59 Å². The molecule has 2 rings (SSSR count). The van der Waals surface area contributed by atoms with Crippen molar-refractivity contribution in [2.45, 2.75) is 20.3 Å². The summed E-state index contributed by atoms with van der Waals surface area (Å²) in [7, 11) is 0. The number of carbonyl (C=O) groups excluding carboxylic acids is 2. The molecule has 1 fully saturated rings. The highest BCUT2D eigenvalue weighted by molar-refractivity contribution is 6.41. The molecule has 4 heteroatoms. The van der Waals surface area contributed by atoms with Crippen LogP contribution in [0.2, 0.25) is 0 Å². The fourth-order valence-corrected chi connectivity index (χ4v) is 2.49. The Kier molecular flexibility index (Phi) is 4.23. The van der Waals surface area contributed by atoms with Crippen molar-refractivity contribution in [3.8, 4) is 0 Å². The summed E-state index contributed by atoms with van der Waals surface area (Å²) in [5, 5.41) is 0. The zero-order valence-electron chi connectivity index (χ0n) is 12.1. The Morgan fingerprint density at radius 2 is 1.75 bits per heavy atom. The lowest BCUT2D eigenvalue weighted by molar-refractivity contribution is -0.146. The van der Waals surface area contributed by atoms with Crippen molar-refractivity contribution >= 4 is 17.5 Å². The van der Waals surface area contributed by atoms with Crippen LogP contribution in [-0.2, 0) is 9.59 Å². The number of piperazine rings is 1. The first-order chi connectivity index (χ1) is 9.52. The first kappa shape index (κ1) is 14.3. The molecule has 20 heavy (non-hydrogen) atoms. The van der Waals surface area contributed by atoms with Gasteiger partial charge in [-0.15, -0.1) is 6.58 Å². The number of anilines is 1. The SMILES string of the molecule is C=CCCN1CCN(c2cc(C)cc(C)c2)C(=O)C1=O. The van der Waals surface area contributed by atoms with E-state index in [1.54, 1.807) is 15.9 Å². The molecule has 0 atom stereocenters. The maximum absolute atomic E-state index is 12.2. The summed E-state index contributed by atoms with van der Waals surface area (Å²) in [5.41, 5.74) is 2.99. The van der Waals surface area contributed by atoms with Crippen LogP contribution in [0.1, 0.15) is 17.5 Å². The number of hydrogen-bond donors (Lipinski definition) is 0. The van der Waals surface area contributed by atoms with E-state index < -0.39 is 11.8 Å². The fourth-order valence-electron chi connectivity index (χ4n) is 2.49. The van der Waals surface area contributed by atoms with E-state index in [1.165, 1.54) is 0 Å². The lowest BCUT2D eigenvalue weighted by atomic mass is 10.1. The highest BCUT2D eigenvalue weighted by Crippen LogP contribution is 2.21. The molecule has 1 aliphatic rings. The molecule has 4 nitrogen and oxygen atoms in total. The Hall–Kier alpha value is -2.10. The number of hydrogen-bond acceptors (Lipinski definition) is 2. The van der Waals surface area contributed by atoms with Crippen LogP contribution in [0.25, 0.3) is 0 Å². The van der Waals surface area contributed by atoms with Crippen LogP contribution < -0.4 is 4.90 Å². The van der Waals surface area contributed by atoms with Crippen LogP contribution in [0.4, 0.5) is 5.69 Å². The monoisotopic (exact) mass is 272 g/mol. The summed E-state index contributed by atoms with van der Waals surface area (Å²) in [6.45, 7) is 9.30. The van der Waals surface area contributed by atoms with Gasteiger partial charge in [0.15, 0.2) is 0 Å². The molecule has 106 valence electrons. The molecular formula is C16H20N2O2. The minimum Gasteiger partial charge on any atom is -0.332 e. The van der Waals surface area contributed by atoms with Crippen LogP contribution in [0.3, 0.4) is 0 Å². The Bertz CT molecular complexity index is 531. The van der Waals surface area contributed by atoms with Crippen LogP contribution >= 0.6 is 0 Å². The zero-order valence-corrected chi connectivity index (χ0v) is 12.1. The summed E-state index contributed by atoms with van der Waals surface area (Å²) < 4.78 is 0. The van der Waals surface area contributed by atoms with Crippen molar-refractivity contribution in [3.63, 3.8) is 0 Å². The quantitative estimate of drug-likeness (QED) is 0.622. The number of amides is 2. The normalized spacial score (nSPS) is 15.7. The molecule has 0 radical (unpaired) electrons. The fraction of sp³-hybridized carbons (Fsp3) is 0.375. The topological polar surface area (TPSA) is 40.6 Å². The van der Waals surface area contributed by atoms with Gasteiger partial charge in [-0.25, -0.2) is 0 Å². The van der Waals surface area contributed by atoms with Crippen molar-refractivity contribution in [2.75, 3.05) is 24.5 Å². The van der Waals surface area contributed by atoms with E-state index >= 15 is 0 Å².